The third-order valence-electron chi connectivity index (χ3n) is 0.963. The van der Waals surface area contributed by atoms with Gasteiger partial charge in [-0.15, -0.1) is 0 Å². The van der Waals surface area contributed by atoms with E-state index in [4.69, 9.17) is 9.90 Å². The quantitative estimate of drug-likeness (QED) is 0.526. The standard InChI is InChI=1S/C6H10BO6.C2H4O2.Na/c1-4(8)11-7(12-5(2)9)13-6(3)10;1-2(3)4;/h7H,1-3H3;1H3,(H,3,4);/q-1;;+1. The van der Waals surface area contributed by atoms with Gasteiger partial charge >= 0.3 is 36.9 Å². The van der Waals surface area contributed by atoms with Crippen LogP contribution in [-0.2, 0) is 33.1 Å². The summed E-state index contributed by atoms with van der Waals surface area (Å²) < 4.78 is 13.3. The predicted molar refractivity (Wildman–Crippen MR) is 55.8 cm³/mol. The number of aliphatic carboxylic acids is 1. The molecular formula is C8H14BNaO8. The Hall–Kier alpha value is -1.06. The van der Waals surface area contributed by atoms with Crippen LogP contribution in [0.2, 0.25) is 0 Å². The first-order valence-corrected chi connectivity index (χ1v) is 4.52. The first-order valence-electron chi connectivity index (χ1n) is 4.52. The molecule has 98 valence electrons. The number of carboxylic acids is 1. The minimum atomic E-state index is -2.41. The van der Waals surface area contributed by atoms with E-state index in [2.05, 4.69) is 14.0 Å². The van der Waals surface area contributed by atoms with Crippen LogP contribution in [0.3, 0.4) is 0 Å². The largest absolute Gasteiger partial charge is 1.00 e. The van der Waals surface area contributed by atoms with Gasteiger partial charge in [0.25, 0.3) is 23.9 Å². The Bertz CT molecular complexity index is 263. The molecule has 0 aromatic heterocycles. The van der Waals surface area contributed by atoms with E-state index in [-0.39, 0.29) is 29.6 Å². The molecule has 0 rings (SSSR count). The number of carbonyl (C=O) groups excluding carboxylic acids is 3. The van der Waals surface area contributed by atoms with Crippen LogP contribution in [0.5, 0.6) is 0 Å². The molecule has 0 atom stereocenters. The Morgan fingerprint density at radius 2 is 0.944 bits per heavy atom. The summed E-state index contributed by atoms with van der Waals surface area (Å²) in [5.74, 6) is -2.87. The number of hydrogen-bond acceptors (Lipinski definition) is 7. The predicted octanol–water partition coefficient (Wildman–Crippen LogP) is -3.51. The van der Waals surface area contributed by atoms with Crippen molar-refractivity contribution >= 4 is 31.2 Å². The second kappa shape index (κ2) is 12.4. The molecule has 8 nitrogen and oxygen atoms in total. The van der Waals surface area contributed by atoms with E-state index in [0.29, 0.717) is 0 Å². The maximum Gasteiger partial charge on any atom is 1.00 e. The molecular weight excluding hydrogens is 258 g/mol. The number of hydrogen-bond donors (Lipinski definition) is 1. The molecule has 0 saturated carbocycles. The maximum atomic E-state index is 10.4. The smallest absolute Gasteiger partial charge is 0.625 e. The molecule has 1 N–H and O–H groups in total. The molecule has 0 aliphatic heterocycles. The van der Waals surface area contributed by atoms with Crippen molar-refractivity contribution in [1.29, 1.82) is 0 Å². The van der Waals surface area contributed by atoms with E-state index in [1.807, 2.05) is 0 Å². The van der Waals surface area contributed by atoms with Crippen molar-refractivity contribution in [2.75, 3.05) is 0 Å². The molecule has 0 amide bonds. The Labute approximate surface area is 126 Å². The normalized spacial score (nSPS) is 8.06. The molecule has 0 aliphatic carbocycles. The van der Waals surface area contributed by atoms with Crippen LogP contribution in [0.25, 0.3) is 0 Å². The Balaban J connectivity index is -0.000000392. The summed E-state index contributed by atoms with van der Waals surface area (Å²) in [4.78, 5) is 40.3. The van der Waals surface area contributed by atoms with E-state index < -0.39 is 31.2 Å². The Morgan fingerprint density at radius 3 is 1.06 bits per heavy atom. The summed E-state index contributed by atoms with van der Waals surface area (Å²) >= 11 is 0. The van der Waals surface area contributed by atoms with Gasteiger partial charge in [-0.3, -0.25) is 19.2 Å². The van der Waals surface area contributed by atoms with Crippen LogP contribution in [-0.4, -0.2) is 36.3 Å². The van der Waals surface area contributed by atoms with Crippen molar-refractivity contribution in [1.82, 2.24) is 0 Å². The molecule has 0 saturated heterocycles. The van der Waals surface area contributed by atoms with Crippen LogP contribution in [0.1, 0.15) is 27.7 Å². The summed E-state index contributed by atoms with van der Waals surface area (Å²) in [7, 11) is -2.41. The molecule has 0 heterocycles. The average molecular weight is 272 g/mol. The van der Waals surface area contributed by atoms with Gasteiger partial charge in [0.2, 0.25) is 0 Å². The van der Waals surface area contributed by atoms with Gasteiger partial charge < -0.3 is 19.1 Å². The molecule has 18 heavy (non-hydrogen) atoms. The van der Waals surface area contributed by atoms with E-state index in [1.165, 1.54) is 0 Å². The zero-order valence-corrected chi connectivity index (χ0v) is 13.0. The average Bonchev–Trinajstić information content (AvgIpc) is 1.96. The van der Waals surface area contributed by atoms with Gasteiger partial charge in [-0.2, -0.15) is 0 Å². The third-order valence-corrected chi connectivity index (χ3v) is 0.963. The van der Waals surface area contributed by atoms with Gasteiger partial charge in [-0.05, 0) is 0 Å². The van der Waals surface area contributed by atoms with Gasteiger partial charge in [0.1, 0.15) is 0 Å². The van der Waals surface area contributed by atoms with Crippen LogP contribution in [0, 0.1) is 0 Å². The van der Waals surface area contributed by atoms with Crippen molar-refractivity contribution in [3.8, 4) is 0 Å². The van der Waals surface area contributed by atoms with Gasteiger partial charge in [0.15, 0.2) is 0 Å². The van der Waals surface area contributed by atoms with E-state index in [9.17, 15) is 14.4 Å². The van der Waals surface area contributed by atoms with Gasteiger partial charge in [-0.25, -0.2) is 0 Å². The molecule has 0 unspecified atom stereocenters. The summed E-state index contributed by atoms with van der Waals surface area (Å²) in [6.45, 7) is 4.44. The zero-order valence-electron chi connectivity index (χ0n) is 11.0. The summed E-state index contributed by atoms with van der Waals surface area (Å²) in [5, 5.41) is 7.42. The van der Waals surface area contributed by atoms with Crippen molar-refractivity contribution < 1.29 is 67.8 Å². The van der Waals surface area contributed by atoms with Crippen LogP contribution >= 0.6 is 0 Å². The minimum absolute atomic E-state index is 0. The van der Waals surface area contributed by atoms with Crippen molar-refractivity contribution in [3.05, 3.63) is 0 Å². The van der Waals surface area contributed by atoms with Crippen molar-refractivity contribution in [2.24, 2.45) is 0 Å². The fourth-order valence-corrected chi connectivity index (χ4v) is 0.586. The molecule has 0 aromatic carbocycles. The number of carboxylic acid groups (broad SMARTS) is 1. The van der Waals surface area contributed by atoms with Crippen LogP contribution in [0.4, 0.5) is 0 Å². The third kappa shape index (κ3) is 24.3. The van der Waals surface area contributed by atoms with Gasteiger partial charge in [0.05, 0.1) is 0 Å². The molecule has 0 fully saturated rings. The number of carbonyl (C=O) groups is 4. The second-order valence-corrected chi connectivity index (χ2v) is 2.78. The van der Waals surface area contributed by atoms with Gasteiger partial charge in [-0.1, -0.05) is 0 Å². The van der Waals surface area contributed by atoms with Crippen molar-refractivity contribution in [2.45, 2.75) is 27.7 Å². The fraction of sp³-hybridized carbons (Fsp3) is 0.500. The SMILES string of the molecule is CC(=O)O.CC(=O)O[BH-](OC(C)=O)OC(C)=O.[Na+]. The van der Waals surface area contributed by atoms with Crippen molar-refractivity contribution in [3.63, 3.8) is 0 Å². The van der Waals surface area contributed by atoms with E-state index >= 15 is 0 Å². The van der Waals surface area contributed by atoms with E-state index in [1.54, 1.807) is 0 Å². The molecule has 10 heteroatoms. The molecule has 0 aromatic rings. The second-order valence-electron chi connectivity index (χ2n) is 2.78. The Morgan fingerprint density at radius 1 is 0.778 bits per heavy atom. The fourth-order valence-electron chi connectivity index (χ4n) is 0.586. The first-order chi connectivity index (χ1) is 7.65. The minimum Gasteiger partial charge on any atom is -0.625 e. The Kier molecular flexibility index (Phi) is 15.3. The molecule has 0 spiro atoms. The zero-order chi connectivity index (χ0) is 14.0. The number of rotatable bonds is 3. The monoisotopic (exact) mass is 272 g/mol. The summed E-state index contributed by atoms with van der Waals surface area (Å²) in [5.41, 5.74) is 0. The summed E-state index contributed by atoms with van der Waals surface area (Å²) in [6.07, 6.45) is 0. The molecule has 0 bridgehead atoms. The molecule has 0 aliphatic rings. The van der Waals surface area contributed by atoms with Crippen LogP contribution in [0.15, 0.2) is 0 Å². The van der Waals surface area contributed by atoms with Gasteiger partial charge in [0, 0.05) is 27.7 Å². The molecule has 0 radical (unpaired) electrons. The van der Waals surface area contributed by atoms with E-state index in [0.717, 1.165) is 27.7 Å². The first kappa shape index (κ1) is 22.2. The van der Waals surface area contributed by atoms with Crippen LogP contribution < -0.4 is 29.6 Å². The summed E-state index contributed by atoms with van der Waals surface area (Å²) in [6, 6.07) is 0. The topological polar surface area (TPSA) is 116 Å². The maximum absolute atomic E-state index is 10.4.